The summed E-state index contributed by atoms with van der Waals surface area (Å²) in [7, 11) is 0. The van der Waals surface area contributed by atoms with Gasteiger partial charge >= 0.3 is 5.97 Å². The zero-order valence-corrected chi connectivity index (χ0v) is 55.0. The van der Waals surface area contributed by atoms with Crippen LogP contribution in [-0.4, -0.2) is 47.4 Å². The van der Waals surface area contributed by atoms with Crippen LogP contribution >= 0.6 is 0 Å². The number of hydrogen-bond donors (Lipinski definition) is 3. The smallest absolute Gasteiger partial charge is 0.305 e. The first kappa shape index (κ1) is 79.3. The number of carbonyl (C=O) groups excluding carboxylic acids is 2. The summed E-state index contributed by atoms with van der Waals surface area (Å²) in [5.74, 6) is -0.0128. The van der Waals surface area contributed by atoms with Crippen molar-refractivity contribution in [3.05, 3.63) is 24.3 Å². The van der Waals surface area contributed by atoms with E-state index in [1.54, 1.807) is 0 Å². The van der Waals surface area contributed by atoms with E-state index in [-0.39, 0.29) is 18.5 Å². The third kappa shape index (κ3) is 67.3. The molecule has 0 saturated heterocycles. The molecule has 2 atom stereocenters. The van der Waals surface area contributed by atoms with Gasteiger partial charge in [-0.15, -0.1) is 0 Å². The number of aliphatic hydroxyl groups excluding tert-OH is 2. The Hall–Kier alpha value is -1.66. The van der Waals surface area contributed by atoms with Gasteiger partial charge in [0, 0.05) is 12.8 Å². The summed E-state index contributed by atoms with van der Waals surface area (Å²) < 4.78 is 5.51. The Balaban J connectivity index is 3.30. The van der Waals surface area contributed by atoms with Gasteiger partial charge in [0.2, 0.25) is 5.91 Å². The summed E-state index contributed by atoms with van der Waals surface area (Å²) >= 11 is 0. The largest absolute Gasteiger partial charge is 0.466 e. The van der Waals surface area contributed by atoms with Crippen LogP contribution < -0.4 is 5.32 Å². The number of hydrogen-bond acceptors (Lipinski definition) is 5. The molecule has 0 heterocycles. The van der Waals surface area contributed by atoms with Crippen LogP contribution in [0.5, 0.6) is 0 Å². The topological polar surface area (TPSA) is 95.9 Å². The number of aliphatic hydroxyl groups is 2. The summed E-state index contributed by atoms with van der Waals surface area (Å²) in [6.07, 6.45) is 89.7. The van der Waals surface area contributed by atoms with E-state index in [9.17, 15) is 19.8 Å². The van der Waals surface area contributed by atoms with E-state index in [0.29, 0.717) is 25.9 Å². The molecule has 2 unspecified atom stereocenters. The van der Waals surface area contributed by atoms with Gasteiger partial charge in [-0.3, -0.25) is 9.59 Å². The highest BCUT2D eigenvalue weighted by Crippen LogP contribution is 2.20. The van der Waals surface area contributed by atoms with E-state index in [1.165, 1.54) is 334 Å². The first-order valence-electron chi connectivity index (χ1n) is 37.1. The minimum absolute atomic E-state index is 0.0151. The van der Waals surface area contributed by atoms with Gasteiger partial charge < -0.3 is 20.3 Å². The molecule has 0 fully saturated rings. The Morgan fingerprint density at radius 1 is 0.346 bits per heavy atom. The van der Waals surface area contributed by atoms with Crippen LogP contribution in [0.4, 0.5) is 0 Å². The summed E-state index contributed by atoms with van der Waals surface area (Å²) in [5.41, 5.74) is 0. The van der Waals surface area contributed by atoms with Crippen LogP contribution in [0.3, 0.4) is 0 Å². The Kier molecular flexibility index (Phi) is 69.4. The van der Waals surface area contributed by atoms with Crippen molar-refractivity contribution in [1.82, 2.24) is 5.32 Å². The van der Waals surface area contributed by atoms with Crippen molar-refractivity contribution >= 4 is 11.9 Å². The lowest BCUT2D eigenvalue weighted by Crippen LogP contribution is -2.45. The van der Waals surface area contributed by atoms with Gasteiger partial charge in [0.05, 0.1) is 25.4 Å². The molecule has 0 aromatic carbocycles. The van der Waals surface area contributed by atoms with Crippen molar-refractivity contribution in [2.45, 2.75) is 431 Å². The molecule has 3 N–H and O–H groups in total. The van der Waals surface area contributed by atoms with Crippen LogP contribution in [0.2, 0.25) is 0 Å². The summed E-state index contributed by atoms with van der Waals surface area (Å²) in [4.78, 5) is 24.6. The molecule has 81 heavy (non-hydrogen) atoms. The molecule has 0 saturated carbocycles. The molecule has 1 amide bonds. The lowest BCUT2D eigenvalue weighted by molar-refractivity contribution is -0.143. The molecule has 0 radical (unpaired) electrons. The van der Waals surface area contributed by atoms with Gasteiger partial charge in [-0.25, -0.2) is 0 Å². The maximum Gasteiger partial charge on any atom is 0.305 e. The number of rotatable bonds is 70. The van der Waals surface area contributed by atoms with Crippen molar-refractivity contribution in [2.24, 2.45) is 0 Å². The number of esters is 1. The van der Waals surface area contributed by atoms with E-state index < -0.39 is 12.1 Å². The fourth-order valence-corrected chi connectivity index (χ4v) is 11.9. The van der Waals surface area contributed by atoms with E-state index >= 15 is 0 Å². The third-order valence-electron chi connectivity index (χ3n) is 17.5. The van der Waals surface area contributed by atoms with Crippen molar-refractivity contribution < 1.29 is 24.5 Å². The minimum Gasteiger partial charge on any atom is -0.466 e. The lowest BCUT2D eigenvalue weighted by atomic mass is 10.0. The van der Waals surface area contributed by atoms with Crippen LogP contribution in [0.1, 0.15) is 418 Å². The predicted octanol–water partition coefficient (Wildman–Crippen LogP) is 24.1. The van der Waals surface area contributed by atoms with Crippen LogP contribution in [0, 0.1) is 0 Å². The van der Waals surface area contributed by atoms with Gasteiger partial charge in [0.1, 0.15) is 0 Å². The fourth-order valence-electron chi connectivity index (χ4n) is 11.9. The van der Waals surface area contributed by atoms with E-state index in [0.717, 1.165) is 51.4 Å². The Bertz CT molecular complexity index is 1270. The van der Waals surface area contributed by atoms with Gasteiger partial charge in [0.25, 0.3) is 0 Å². The number of carbonyl (C=O) groups is 2. The van der Waals surface area contributed by atoms with E-state index in [2.05, 4.69) is 43.5 Å². The van der Waals surface area contributed by atoms with Crippen molar-refractivity contribution in [2.75, 3.05) is 13.2 Å². The number of ether oxygens (including phenoxy) is 1. The average molecular weight is 1140 g/mol. The second-order valence-corrected chi connectivity index (χ2v) is 25.6. The number of amides is 1. The van der Waals surface area contributed by atoms with E-state index in [1.807, 2.05) is 0 Å². The summed E-state index contributed by atoms with van der Waals surface area (Å²) in [6.45, 7) is 4.97. The predicted molar refractivity (Wildman–Crippen MR) is 356 cm³/mol. The Labute approximate surface area is 507 Å². The molecule has 0 aromatic rings. The van der Waals surface area contributed by atoms with Crippen LogP contribution in [-0.2, 0) is 14.3 Å². The maximum atomic E-state index is 12.5. The lowest BCUT2D eigenvalue weighted by Gasteiger charge is -2.22. The standard InChI is InChI=1S/C75H145NO5/c1-3-5-7-9-11-13-15-17-18-19-38-41-45-49-53-57-61-65-69-75(80)81-70-66-62-58-54-50-46-42-39-36-34-32-30-28-26-24-22-20-21-23-25-27-29-31-33-35-37-40-44-48-52-56-60-64-68-74(79)76-72(71-77)73(78)67-63-59-55-51-47-43-16-14-12-10-8-6-4-2/h13,15,18-19,72-73,77-78H,3-12,14,16-17,20-71H2,1-2H3,(H,76,79)/b15-13-,19-18-. The first-order chi connectivity index (χ1) is 40.0. The number of allylic oxidation sites excluding steroid dienone is 4. The highest BCUT2D eigenvalue weighted by Gasteiger charge is 2.20. The quantitative estimate of drug-likeness (QED) is 0.0320. The van der Waals surface area contributed by atoms with Crippen LogP contribution in [0.15, 0.2) is 24.3 Å². The maximum absolute atomic E-state index is 12.5. The molecule has 0 aliphatic heterocycles. The Morgan fingerprint density at radius 2 is 0.617 bits per heavy atom. The second kappa shape index (κ2) is 70.8. The highest BCUT2D eigenvalue weighted by atomic mass is 16.5. The van der Waals surface area contributed by atoms with E-state index in [4.69, 9.17) is 4.74 Å². The normalized spacial score (nSPS) is 12.6. The molecular formula is C75H145NO5. The van der Waals surface area contributed by atoms with Gasteiger partial charge in [0.15, 0.2) is 0 Å². The number of nitrogens with one attached hydrogen (secondary N) is 1. The highest BCUT2D eigenvalue weighted by molar-refractivity contribution is 5.76. The molecule has 6 nitrogen and oxygen atoms in total. The van der Waals surface area contributed by atoms with Crippen molar-refractivity contribution in [1.29, 1.82) is 0 Å². The zero-order chi connectivity index (χ0) is 58.5. The molecule has 0 aliphatic carbocycles. The SMILES string of the molecule is CCCCCC/C=C\C/C=C\CCCCCCCCCC(=O)OCCCCCCCCCCCCCCCCCCCCCCCCCCCCCCCCCCCC(=O)NC(CO)C(O)CCCCCCCCCCCCCCC. The minimum atomic E-state index is -0.660. The first-order valence-corrected chi connectivity index (χ1v) is 37.1. The summed E-state index contributed by atoms with van der Waals surface area (Å²) in [5, 5.41) is 23.3. The van der Waals surface area contributed by atoms with Crippen molar-refractivity contribution in [3.8, 4) is 0 Å². The van der Waals surface area contributed by atoms with Crippen molar-refractivity contribution in [3.63, 3.8) is 0 Å². The third-order valence-corrected chi connectivity index (χ3v) is 17.5. The zero-order valence-electron chi connectivity index (χ0n) is 55.0. The molecular weight excluding hydrogens is 995 g/mol. The second-order valence-electron chi connectivity index (χ2n) is 25.6. The number of unbranched alkanes of at least 4 members (excludes halogenated alkanes) is 55. The molecule has 0 aromatic heterocycles. The molecule has 0 bridgehead atoms. The van der Waals surface area contributed by atoms with Crippen LogP contribution in [0.25, 0.3) is 0 Å². The van der Waals surface area contributed by atoms with Gasteiger partial charge in [-0.05, 0) is 57.8 Å². The summed E-state index contributed by atoms with van der Waals surface area (Å²) in [6, 6.07) is -0.536. The van der Waals surface area contributed by atoms with Gasteiger partial charge in [-0.2, -0.15) is 0 Å². The van der Waals surface area contributed by atoms with Gasteiger partial charge in [-0.1, -0.05) is 372 Å². The Morgan fingerprint density at radius 3 is 0.951 bits per heavy atom. The molecule has 0 rings (SSSR count). The molecule has 6 heteroatoms. The fraction of sp³-hybridized carbons (Fsp3) is 0.920. The monoisotopic (exact) mass is 1140 g/mol. The molecule has 480 valence electrons. The average Bonchev–Trinajstić information content (AvgIpc) is 3.47. The molecule has 0 aliphatic rings. The molecule has 0 spiro atoms.